The van der Waals surface area contributed by atoms with E-state index in [4.69, 9.17) is 14.2 Å². The van der Waals surface area contributed by atoms with E-state index >= 15 is 0 Å². The maximum Gasteiger partial charge on any atom is 0.311 e. The van der Waals surface area contributed by atoms with Crippen LogP contribution in [0.1, 0.15) is 10.4 Å². The van der Waals surface area contributed by atoms with Crippen LogP contribution in [0.5, 0.6) is 17.2 Å². The summed E-state index contributed by atoms with van der Waals surface area (Å²) in [4.78, 5) is 22.5. The molecule has 0 aromatic heterocycles. The number of rotatable bonds is 8. The Labute approximate surface area is 144 Å². The molecule has 0 fully saturated rings. The first kappa shape index (κ1) is 18.1. The molecule has 8 heteroatoms. The van der Waals surface area contributed by atoms with E-state index in [1.54, 1.807) is 31.4 Å². The molecule has 2 aromatic rings. The summed E-state index contributed by atoms with van der Waals surface area (Å²) in [7, 11) is 2.91. The number of methoxy groups -OCH3 is 2. The van der Waals surface area contributed by atoms with Crippen LogP contribution >= 0.6 is 0 Å². The molecule has 132 valence electrons. The molecule has 0 saturated carbocycles. The van der Waals surface area contributed by atoms with Gasteiger partial charge in [-0.1, -0.05) is 0 Å². The molecule has 0 atom stereocenters. The fourth-order valence-corrected chi connectivity index (χ4v) is 2.08. The number of carbonyl (C=O) groups is 1. The zero-order valence-electron chi connectivity index (χ0n) is 13.9. The fraction of sp³-hybridized carbons (Fsp3) is 0.235. The molecule has 0 aliphatic carbocycles. The summed E-state index contributed by atoms with van der Waals surface area (Å²) in [5, 5.41) is 13.6. The monoisotopic (exact) mass is 346 g/mol. The number of ether oxygens (including phenoxy) is 3. The fourth-order valence-electron chi connectivity index (χ4n) is 2.08. The van der Waals surface area contributed by atoms with Gasteiger partial charge in [0.1, 0.15) is 18.1 Å². The topological polar surface area (TPSA) is 99.9 Å². The zero-order chi connectivity index (χ0) is 18.2. The predicted octanol–water partition coefficient (Wildman–Crippen LogP) is 2.42. The van der Waals surface area contributed by atoms with Crippen molar-refractivity contribution in [3.63, 3.8) is 0 Å². The Hall–Kier alpha value is -3.29. The molecule has 0 bridgehead atoms. The van der Waals surface area contributed by atoms with Crippen molar-refractivity contribution in [1.82, 2.24) is 5.32 Å². The Bertz CT molecular complexity index is 745. The van der Waals surface area contributed by atoms with Crippen molar-refractivity contribution in [3.8, 4) is 17.2 Å². The van der Waals surface area contributed by atoms with Crippen LogP contribution in [0.2, 0.25) is 0 Å². The highest BCUT2D eigenvalue weighted by Crippen LogP contribution is 2.27. The second-order valence-electron chi connectivity index (χ2n) is 4.92. The summed E-state index contributed by atoms with van der Waals surface area (Å²) < 4.78 is 15.4. The molecule has 8 nitrogen and oxygen atoms in total. The second-order valence-corrected chi connectivity index (χ2v) is 4.92. The molecule has 2 aromatic carbocycles. The van der Waals surface area contributed by atoms with E-state index in [1.165, 1.54) is 25.3 Å². The Morgan fingerprint density at radius 1 is 1.08 bits per heavy atom. The lowest BCUT2D eigenvalue weighted by molar-refractivity contribution is -0.385. The van der Waals surface area contributed by atoms with Crippen molar-refractivity contribution < 1.29 is 23.9 Å². The molecule has 0 saturated heterocycles. The maximum absolute atomic E-state index is 12.1. The highest BCUT2D eigenvalue weighted by atomic mass is 16.6. The molecule has 0 spiro atoms. The third kappa shape index (κ3) is 4.84. The van der Waals surface area contributed by atoms with Crippen molar-refractivity contribution in [2.24, 2.45) is 0 Å². The standard InChI is InChI=1S/C17H18N2O6/c1-23-13-4-6-14(7-5-13)25-10-9-18-17(20)12-3-8-16(24-2)15(11-12)19(21)22/h3-8,11H,9-10H2,1-2H3,(H,18,20). The first-order valence-corrected chi connectivity index (χ1v) is 7.42. The van der Waals surface area contributed by atoms with E-state index in [0.29, 0.717) is 5.75 Å². The van der Waals surface area contributed by atoms with Crippen molar-refractivity contribution >= 4 is 11.6 Å². The Morgan fingerprint density at radius 2 is 1.76 bits per heavy atom. The largest absolute Gasteiger partial charge is 0.497 e. The van der Waals surface area contributed by atoms with Gasteiger partial charge < -0.3 is 19.5 Å². The smallest absolute Gasteiger partial charge is 0.311 e. The number of amides is 1. The summed E-state index contributed by atoms with van der Waals surface area (Å²) in [5.74, 6) is 1.05. The van der Waals surface area contributed by atoms with Gasteiger partial charge in [0.15, 0.2) is 5.75 Å². The molecule has 1 N–H and O–H groups in total. The average Bonchev–Trinajstić information content (AvgIpc) is 2.64. The second kappa shape index (κ2) is 8.53. The first-order chi connectivity index (χ1) is 12.0. The number of hydrogen-bond acceptors (Lipinski definition) is 6. The van der Waals surface area contributed by atoms with Crippen molar-refractivity contribution in [2.75, 3.05) is 27.4 Å². The van der Waals surface area contributed by atoms with Crippen LogP contribution in [0, 0.1) is 10.1 Å². The van der Waals surface area contributed by atoms with E-state index in [9.17, 15) is 14.9 Å². The van der Waals surface area contributed by atoms with Crippen LogP contribution in [-0.4, -0.2) is 38.2 Å². The molecular formula is C17H18N2O6. The van der Waals surface area contributed by atoms with Gasteiger partial charge in [-0.3, -0.25) is 14.9 Å². The highest BCUT2D eigenvalue weighted by Gasteiger charge is 2.17. The van der Waals surface area contributed by atoms with Gasteiger partial charge in [0.05, 0.1) is 25.7 Å². The molecule has 0 aliphatic heterocycles. The van der Waals surface area contributed by atoms with E-state index in [0.717, 1.165) is 5.75 Å². The molecule has 0 unspecified atom stereocenters. The van der Waals surface area contributed by atoms with Gasteiger partial charge in [-0.05, 0) is 36.4 Å². The van der Waals surface area contributed by atoms with E-state index in [-0.39, 0.29) is 30.2 Å². The van der Waals surface area contributed by atoms with Gasteiger partial charge in [-0.15, -0.1) is 0 Å². The number of nitrogens with zero attached hydrogens (tertiary/aromatic N) is 1. The van der Waals surface area contributed by atoms with E-state index in [2.05, 4.69) is 5.32 Å². The highest BCUT2D eigenvalue weighted by molar-refractivity contribution is 5.95. The molecule has 1 amide bonds. The molecule has 25 heavy (non-hydrogen) atoms. The van der Waals surface area contributed by atoms with Gasteiger partial charge >= 0.3 is 5.69 Å². The molecule has 0 radical (unpaired) electrons. The van der Waals surface area contributed by atoms with Gasteiger partial charge in [-0.2, -0.15) is 0 Å². The first-order valence-electron chi connectivity index (χ1n) is 7.42. The zero-order valence-corrected chi connectivity index (χ0v) is 13.9. The molecule has 0 aliphatic rings. The van der Waals surface area contributed by atoms with Gasteiger partial charge in [0.2, 0.25) is 0 Å². The third-order valence-corrected chi connectivity index (χ3v) is 3.35. The van der Waals surface area contributed by atoms with Crippen molar-refractivity contribution in [3.05, 3.63) is 58.1 Å². The summed E-state index contributed by atoms with van der Waals surface area (Å²) in [6.45, 7) is 0.515. The number of hydrogen-bond donors (Lipinski definition) is 1. The Morgan fingerprint density at radius 3 is 2.36 bits per heavy atom. The Balaban J connectivity index is 1.87. The van der Waals surface area contributed by atoms with Crippen LogP contribution in [0.3, 0.4) is 0 Å². The third-order valence-electron chi connectivity index (χ3n) is 3.35. The van der Waals surface area contributed by atoms with E-state index < -0.39 is 10.8 Å². The van der Waals surface area contributed by atoms with Crippen LogP contribution in [0.25, 0.3) is 0 Å². The van der Waals surface area contributed by atoms with Crippen LogP contribution in [0.15, 0.2) is 42.5 Å². The normalized spacial score (nSPS) is 10.0. The number of nitrogens with one attached hydrogen (secondary N) is 1. The quantitative estimate of drug-likeness (QED) is 0.448. The van der Waals surface area contributed by atoms with Gasteiger partial charge in [-0.25, -0.2) is 0 Å². The van der Waals surface area contributed by atoms with Crippen LogP contribution < -0.4 is 19.5 Å². The number of carbonyl (C=O) groups excluding carboxylic acids is 1. The van der Waals surface area contributed by atoms with Gasteiger partial charge in [0, 0.05) is 11.6 Å². The van der Waals surface area contributed by atoms with Crippen molar-refractivity contribution in [2.45, 2.75) is 0 Å². The lowest BCUT2D eigenvalue weighted by Gasteiger charge is -2.09. The molecule has 2 rings (SSSR count). The minimum atomic E-state index is -0.595. The number of benzene rings is 2. The summed E-state index contributed by atoms with van der Waals surface area (Å²) in [6.07, 6.45) is 0. The van der Waals surface area contributed by atoms with Crippen LogP contribution in [0.4, 0.5) is 5.69 Å². The van der Waals surface area contributed by atoms with Gasteiger partial charge in [0.25, 0.3) is 5.91 Å². The average molecular weight is 346 g/mol. The predicted molar refractivity (Wildman–Crippen MR) is 90.5 cm³/mol. The molecule has 0 heterocycles. The number of nitro groups is 1. The lowest BCUT2D eigenvalue weighted by Crippen LogP contribution is -2.28. The minimum absolute atomic E-state index is 0.101. The lowest BCUT2D eigenvalue weighted by atomic mass is 10.1. The van der Waals surface area contributed by atoms with Crippen LogP contribution in [-0.2, 0) is 0 Å². The van der Waals surface area contributed by atoms with Crippen molar-refractivity contribution in [1.29, 1.82) is 0 Å². The summed E-state index contributed by atoms with van der Waals surface area (Å²) in [5.41, 5.74) is -0.0819. The van der Waals surface area contributed by atoms with E-state index in [1.807, 2.05) is 0 Å². The SMILES string of the molecule is COc1ccc(OCCNC(=O)c2ccc(OC)c([N+](=O)[O-])c2)cc1. The Kier molecular flexibility index (Phi) is 6.16. The summed E-state index contributed by atoms with van der Waals surface area (Å²) >= 11 is 0. The number of nitro benzene ring substituents is 1. The minimum Gasteiger partial charge on any atom is -0.497 e. The summed E-state index contributed by atoms with van der Waals surface area (Å²) in [6, 6.07) is 11.1. The molecular weight excluding hydrogens is 328 g/mol. The maximum atomic E-state index is 12.1.